The third kappa shape index (κ3) is 13.1. The standard InChI is InChI=1S/C20H18FN3O4.C12H10ClN3O3.C8H10BFO3/c1-3-28-20-10-14(21)5-6-16(20)17-11-15(22-12-23-17)8-13-4-7-19(27-2)18(9-13)24(25)26;1-19-11-3-2-8(5-10(11)16(17)18)4-9-6-12(13)15-7-14-9;1-2-13-8-5-6(10)3-4-7(8)9(11)12/h4-7,9-12H,3,8H2,1-2H3;2-3,5-7H,4H2,1H3;3-5,11-12H,2H2,1H3. The van der Waals surface area contributed by atoms with E-state index in [0.717, 1.165) is 17.7 Å². The summed E-state index contributed by atoms with van der Waals surface area (Å²) in [7, 11) is 1.14. The maximum Gasteiger partial charge on any atom is 0.492 e. The Hall–Kier alpha value is -6.83. The van der Waals surface area contributed by atoms with E-state index in [0.29, 0.717) is 65.2 Å². The molecule has 0 amide bonds. The lowest BCUT2D eigenvalue weighted by Crippen LogP contribution is -2.31. The van der Waals surface area contributed by atoms with Crippen LogP contribution in [0, 0.1) is 31.9 Å². The van der Waals surface area contributed by atoms with Crippen LogP contribution >= 0.6 is 11.6 Å². The molecular formula is C40H38BClF2N6O10. The first-order chi connectivity index (χ1) is 28.8. The van der Waals surface area contributed by atoms with Crippen LogP contribution in [0.15, 0.2) is 97.6 Å². The lowest BCUT2D eigenvalue weighted by atomic mass is 9.79. The van der Waals surface area contributed by atoms with Gasteiger partial charge in [-0.05, 0) is 67.4 Å². The molecule has 0 spiro atoms. The Labute approximate surface area is 347 Å². The molecule has 0 aliphatic heterocycles. The van der Waals surface area contributed by atoms with E-state index in [9.17, 15) is 29.0 Å². The number of rotatable bonds is 14. The van der Waals surface area contributed by atoms with Crippen molar-refractivity contribution in [2.45, 2.75) is 26.7 Å². The number of hydrogen-bond donors (Lipinski definition) is 2. The first-order valence-corrected chi connectivity index (χ1v) is 18.3. The minimum absolute atomic E-state index is 0.0693. The van der Waals surface area contributed by atoms with Crippen LogP contribution in [0.4, 0.5) is 20.2 Å². The number of methoxy groups -OCH3 is 2. The molecule has 2 N–H and O–H groups in total. The Morgan fingerprint density at radius 1 is 0.650 bits per heavy atom. The third-order valence-electron chi connectivity index (χ3n) is 8.14. The number of nitrogens with zero attached hydrogens (tertiary/aromatic N) is 6. The first kappa shape index (κ1) is 45.9. The number of halogens is 3. The van der Waals surface area contributed by atoms with E-state index < -0.39 is 28.6 Å². The fraction of sp³-hybridized carbons (Fsp3) is 0.200. The highest BCUT2D eigenvalue weighted by atomic mass is 35.5. The summed E-state index contributed by atoms with van der Waals surface area (Å²) in [6, 6.07) is 20.7. The summed E-state index contributed by atoms with van der Waals surface area (Å²) in [4.78, 5) is 37.5. The molecule has 0 unspecified atom stereocenters. The van der Waals surface area contributed by atoms with Gasteiger partial charge in [-0.2, -0.15) is 0 Å². The van der Waals surface area contributed by atoms with Crippen molar-refractivity contribution in [1.82, 2.24) is 19.9 Å². The Bertz CT molecular complexity index is 2420. The van der Waals surface area contributed by atoms with Gasteiger partial charge in [-0.3, -0.25) is 20.2 Å². The van der Waals surface area contributed by atoms with Crippen molar-refractivity contribution in [2.75, 3.05) is 27.4 Å². The quantitative estimate of drug-likeness (QED) is 0.0503. The second-order valence-electron chi connectivity index (χ2n) is 12.2. The van der Waals surface area contributed by atoms with Gasteiger partial charge in [0.15, 0.2) is 11.5 Å². The highest BCUT2D eigenvalue weighted by Crippen LogP contribution is 2.32. The normalized spacial score (nSPS) is 10.3. The molecule has 0 atom stereocenters. The van der Waals surface area contributed by atoms with Gasteiger partial charge in [-0.25, -0.2) is 28.7 Å². The van der Waals surface area contributed by atoms with Gasteiger partial charge in [0.1, 0.15) is 40.9 Å². The predicted octanol–water partition coefficient (Wildman–Crippen LogP) is 6.73. The summed E-state index contributed by atoms with van der Waals surface area (Å²) >= 11 is 5.76. The molecule has 0 aliphatic carbocycles. The Morgan fingerprint density at radius 3 is 1.65 bits per heavy atom. The van der Waals surface area contributed by atoms with E-state index in [1.54, 1.807) is 49.4 Å². The van der Waals surface area contributed by atoms with Gasteiger partial charge in [0, 0.05) is 59.5 Å². The van der Waals surface area contributed by atoms with Crippen molar-refractivity contribution in [2.24, 2.45) is 0 Å². The van der Waals surface area contributed by atoms with Gasteiger partial charge in [-0.15, -0.1) is 0 Å². The summed E-state index contributed by atoms with van der Waals surface area (Å²) in [5.74, 6) is 0.129. The molecule has 4 aromatic carbocycles. The maximum absolute atomic E-state index is 13.5. The molecule has 6 aromatic rings. The van der Waals surface area contributed by atoms with E-state index in [1.807, 2.05) is 6.92 Å². The number of nitro benzene ring substituents is 2. The van der Waals surface area contributed by atoms with Crippen molar-refractivity contribution in [3.8, 4) is 34.3 Å². The van der Waals surface area contributed by atoms with Crippen LogP contribution in [0.25, 0.3) is 11.3 Å². The van der Waals surface area contributed by atoms with Gasteiger partial charge in [0.2, 0.25) is 0 Å². The summed E-state index contributed by atoms with van der Waals surface area (Å²) < 4.78 is 46.7. The van der Waals surface area contributed by atoms with E-state index in [-0.39, 0.29) is 34.1 Å². The van der Waals surface area contributed by atoms with Crippen molar-refractivity contribution in [3.63, 3.8) is 0 Å². The molecule has 2 heterocycles. The van der Waals surface area contributed by atoms with Crippen LogP contribution in [0.1, 0.15) is 36.4 Å². The van der Waals surface area contributed by atoms with Crippen LogP contribution in [-0.4, -0.2) is 74.4 Å². The molecule has 0 saturated carbocycles. The zero-order chi connectivity index (χ0) is 43.8. The van der Waals surface area contributed by atoms with Crippen LogP contribution in [0.5, 0.6) is 23.0 Å². The van der Waals surface area contributed by atoms with Crippen LogP contribution in [0.2, 0.25) is 5.15 Å². The highest BCUT2D eigenvalue weighted by Gasteiger charge is 2.19. The van der Waals surface area contributed by atoms with E-state index >= 15 is 0 Å². The third-order valence-corrected chi connectivity index (χ3v) is 8.34. The Balaban J connectivity index is 0.000000214. The first-order valence-electron chi connectivity index (χ1n) is 17.9. The van der Waals surface area contributed by atoms with Crippen molar-refractivity contribution in [3.05, 3.63) is 157 Å². The number of nitro groups is 2. The largest absolute Gasteiger partial charge is 0.494 e. The van der Waals surface area contributed by atoms with Crippen molar-refractivity contribution in [1.29, 1.82) is 0 Å². The Kier molecular flexibility index (Phi) is 17.1. The molecule has 6 rings (SSSR count). The summed E-state index contributed by atoms with van der Waals surface area (Å²) in [5, 5.41) is 40.2. The molecular weight excluding hydrogens is 809 g/mol. The zero-order valence-corrected chi connectivity index (χ0v) is 33.4. The molecule has 60 heavy (non-hydrogen) atoms. The molecule has 0 aliphatic rings. The van der Waals surface area contributed by atoms with Crippen LogP contribution in [0.3, 0.4) is 0 Å². The number of benzene rings is 4. The van der Waals surface area contributed by atoms with Crippen LogP contribution < -0.4 is 24.4 Å². The lowest BCUT2D eigenvalue weighted by molar-refractivity contribution is -0.385. The lowest BCUT2D eigenvalue weighted by Gasteiger charge is -2.11. The topological polar surface area (TPSA) is 215 Å². The second-order valence-corrected chi connectivity index (χ2v) is 12.6. The number of aromatic nitrogens is 4. The fourth-order valence-electron chi connectivity index (χ4n) is 5.49. The summed E-state index contributed by atoms with van der Waals surface area (Å²) in [5.41, 5.74) is 4.04. The second kappa shape index (κ2) is 22.4. The van der Waals surface area contributed by atoms with E-state index in [1.165, 1.54) is 57.2 Å². The molecule has 2 aromatic heterocycles. The van der Waals surface area contributed by atoms with Crippen LogP contribution in [-0.2, 0) is 12.8 Å². The van der Waals surface area contributed by atoms with Gasteiger partial charge in [0.05, 0.1) is 43.0 Å². The van der Waals surface area contributed by atoms with Gasteiger partial charge in [-0.1, -0.05) is 29.8 Å². The number of hydrogen-bond acceptors (Lipinski definition) is 14. The van der Waals surface area contributed by atoms with Gasteiger partial charge in [0.25, 0.3) is 0 Å². The van der Waals surface area contributed by atoms with E-state index in [4.69, 9.17) is 40.6 Å². The molecule has 20 heteroatoms. The molecule has 0 saturated heterocycles. The summed E-state index contributed by atoms with van der Waals surface area (Å²) in [6.45, 7) is 4.29. The minimum Gasteiger partial charge on any atom is -0.494 e. The monoisotopic (exact) mass is 846 g/mol. The molecule has 312 valence electrons. The van der Waals surface area contributed by atoms with E-state index in [2.05, 4.69) is 19.9 Å². The average molecular weight is 847 g/mol. The smallest absolute Gasteiger partial charge is 0.492 e. The predicted molar refractivity (Wildman–Crippen MR) is 218 cm³/mol. The summed E-state index contributed by atoms with van der Waals surface area (Å²) in [6.07, 6.45) is 3.57. The molecule has 16 nitrogen and oxygen atoms in total. The maximum atomic E-state index is 13.5. The molecule has 0 radical (unpaired) electrons. The number of ether oxygens (including phenoxy) is 4. The van der Waals surface area contributed by atoms with Crippen molar-refractivity contribution < 1.29 is 47.6 Å². The van der Waals surface area contributed by atoms with Gasteiger partial charge >= 0.3 is 18.5 Å². The average Bonchev–Trinajstić information content (AvgIpc) is 3.21. The van der Waals surface area contributed by atoms with Crippen molar-refractivity contribution >= 4 is 35.6 Å². The Morgan fingerprint density at radius 2 is 1.15 bits per heavy atom. The highest BCUT2D eigenvalue weighted by molar-refractivity contribution is 6.59. The van der Waals surface area contributed by atoms with Gasteiger partial charge < -0.3 is 29.0 Å². The molecule has 0 fully saturated rings. The minimum atomic E-state index is -1.64. The SMILES string of the molecule is CCOc1cc(F)ccc1-c1cc(Cc2ccc(OC)c([N+](=O)[O-])c2)ncn1.CCOc1cc(F)ccc1B(O)O.COc1ccc(Cc2cc(Cl)ncn2)cc1[N+](=O)[O-]. The zero-order valence-electron chi connectivity index (χ0n) is 32.6. The fourth-order valence-corrected chi connectivity index (χ4v) is 5.66. The molecule has 0 bridgehead atoms.